The monoisotopic (exact) mass is 525 g/mol. The van der Waals surface area contributed by atoms with Crippen molar-refractivity contribution in [2.45, 2.75) is 26.7 Å². The van der Waals surface area contributed by atoms with Crippen molar-refractivity contribution in [3.8, 4) is 0 Å². The summed E-state index contributed by atoms with van der Waals surface area (Å²) in [6.07, 6.45) is 30.3. The van der Waals surface area contributed by atoms with E-state index in [9.17, 15) is 0 Å². The molecule has 150 valence electrons. The smallest absolute Gasteiger partial charge is 0.381 e. The Bertz CT molecular complexity index is 563. The zero-order valence-corrected chi connectivity index (χ0v) is 21.4. The van der Waals surface area contributed by atoms with E-state index in [0.29, 0.717) is 0 Å². The molecule has 4 aliphatic carbocycles. The summed E-state index contributed by atoms with van der Waals surface area (Å²) in [6.45, 7) is 13.2. The van der Waals surface area contributed by atoms with Gasteiger partial charge in [0.1, 0.15) is 0 Å². The first kappa shape index (κ1) is 26.5. The van der Waals surface area contributed by atoms with E-state index in [4.69, 9.17) is 4.74 Å². The average molecular weight is 528 g/mol. The van der Waals surface area contributed by atoms with Gasteiger partial charge in [-0.2, -0.15) is 0 Å². The Morgan fingerprint density at radius 2 is 1.17 bits per heavy atom. The van der Waals surface area contributed by atoms with Crippen LogP contribution < -0.4 is 0 Å². The van der Waals surface area contributed by atoms with Gasteiger partial charge in [-0.1, -0.05) is 62.5 Å². The van der Waals surface area contributed by atoms with Crippen molar-refractivity contribution in [1.82, 2.24) is 0 Å². The second kappa shape index (κ2) is 13.1. The molecule has 0 aromatic carbocycles. The first-order valence-corrected chi connectivity index (χ1v) is 10.4. The van der Waals surface area contributed by atoms with E-state index in [-0.39, 0.29) is 46.3 Å². The van der Waals surface area contributed by atoms with E-state index in [0.717, 1.165) is 13.2 Å². The van der Waals surface area contributed by atoms with Crippen LogP contribution in [0.2, 0.25) is 0 Å². The summed E-state index contributed by atoms with van der Waals surface area (Å²) in [4.78, 5) is 0. The van der Waals surface area contributed by atoms with Crippen LogP contribution in [0.4, 0.5) is 0 Å². The molecule has 1 saturated heterocycles. The molecule has 14 radical (unpaired) electrons. The molecular formula is C28H31NdO+3. The minimum absolute atomic E-state index is 0. The zero-order chi connectivity index (χ0) is 20.7. The Kier molecular flexibility index (Phi) is 11.6. The topological polar surface area (TPSA) is 9.23 Å². The van der Waals surface area contributed by atoms with E-state index < -0.39 is 0 Å². The van der Waals surface area contributed by atoms with Crippen molar-refractivity contribution >= 4 is 0 Å². The molecule has 1 heterocycles. The molecule has 5 rings (SSSR count). The van der Waals surface area contributed by atoms with Crippen LogP contribution in [0.5, 0.6) is 0 Å². The van der Waals surface area contributed by atoms with Gasteiger partial charge in [0.2, 0.25) is 0 Å². The van der Waals surface area contributed by atoms with Crippen LogP contribution in [0.1, 0.15) is 26.7 Å². The van der Waals surface area contributed by atoms with Crippen molar-refractivity contribution in [3.63, 3.8) is 0 Å². The Balaban J connectivity index is 0.000000304. The Labute approximate surface area is 219 Å². The summed E-state index contributed by atoms with van der Waals surface area (Å²) < 4.78 is 4.94. The van der Waals surface area contributed by atoms with Crippen molar-refractivity contribution in [2.24, 2.45) is 5.41 Å². The maximum absolute atomic E-state index is 4.94. The van der Waals surface area contributed by atoms with Crippen LogP contribution in [-0.4, -0.2) is 13.2 Å². The fraction of sp³-hybridized carbons (Fsp3) is 0.250. The minimum Gasteiger partial charge on any atom is -0.381 e. The second-order valence-corrected chi connectivity index (χ2v) is 7.87. The summed E-state index contributed by atoms with van der Waals surface area (Å²) in [5.74, 6) is 8.31. The molecule has 0 aromatic heterocycles. The van der Waals surface area contributed by atoms with Gasteiger partial charge in [-0.05, 0) is 70.1 Å². The molecule has 5 aliphatic rings. The summed E-state index contributed by atoms with van der Waals surface area (Å²) >= 11 is 0. The van der Waals surface area contributed by atoms with Gasteiger partial charge in [-0.15, -0.1) is 0 Å². The molecule has 0 N–H and O–H groups in total. The molecule has 0 aromatic rings. The average Bonchev–Trinajstić information content (AvgIpc) is 3.50. The van der Waals surface area contributed by atoms with Gasteiger partial charge in [0.15, 0.2) is 0 Å². The summed E-state index contributed by atoms with van der Waals surface area (Å²) in [6, 6.07) is 0. The molecule has 0 atom stereocenters. The summed E-state index contributed by atoms with van der Waals surface area (Å²) in [5, 5.41) is 0. The largest absolute Gasteiger partial charge is 3.00 e. The summed E-state index contributed by atoms with van der Waals surface area (Å²) in [7, 11) is 0. The Morgan fingerprint density at radius 3 is 1.53 bits per heavy atom. The van der Waals surface area contributed by atoms with Gasteiger partial charge in [-0.3, -0.25) is 0 Å². The predicted molar refractivity (Wildman–Crippen MR) is 122 cm³/mol. The number of rotatable bonds is 2. The molecule has 1 aliphatic heterocycles. The van der Waals surface area contributed by atoms with Crippen LogP contribution in [0, 0.1) is 128 Å². The van der Waals surface area contributed by atoms with Gasteiger partial charge < -0.3 is 4.74 Å². The molecular weight excluding hydrogens is 497 g/mol. The first-order chi connectivity index (χ1) is 14.1. The Hall–Kier alpha value is 0.271. The first-order valence-electron chi connectivity index (χ1n) is 10.4. The SMILES string of the molecule is C1CCOC1.CC(C)([C]1[CH][CH][CH][CH]1)[C]1[C]2C=CC=C[C]2[C]2C=CC=C[C]21.[CH2][CH][CH2].[Nd+3]. The number of allylic oxidation sites excluding steroid dienone is 8. The minimum atomic E-state index is 0. The van der Waals surface area contributed by atoms with Crippen LogP contribution >= 0.6 is 0 Å². The van der Waals surface area contributed by atoms with Crippen LogP contribution in [0.3, 0.4) is 0 Å². The van der Waals surface area contributed by atoms with Gasteiger partial charge in [0.05, 0.1) is 0 Å². The number of hydrogen-bond donors (Lipinski definition) is 0. The van der Waals surface area contributed by atoms with Gasteiger partial charge in [-0.25, -0.2) is 0 Å². The van der Waals surface area contributed by atoms with E-state index in [2.05, 4.69) is 102 Å². The van der Waals surface area contributed by atoms with E-state index in [1.165, 1.54) is 54.8 Å². The normalized spacial score (nSPS) is 24.7. The molecule has 0 amide bonds. The van der Waals surface area contributed by atoms with Crippen molar-refractivity contribution < 1.29 is 45.6 Å². The van der Waals surface area contributed by atoms with Crippen LogP contribution in [0.25, 0.3) is 0 Å². The zero-order valence-electron chi connectivity index (χ0n) is 18.2. The maximum Gasteiger partial charge on any atom is 3.00 e. The van der Waals surface area contributed by atoms with E-state index >= 15 is 0 Å². The molecule has 1 nitrogen and oxygen atoms in total. The number of fused-ring (bicyclic) bond motifs is 3. The van der Waals surface area contributed by atoms with Gasteiger partial charge in [0, 0.05) is 42.8 Å². The Morgan fingerprint density at radius 1 is 0.767 bits per heavy atom. The molecule has 0 bridgehead atoms. The molecule has 3 fully saturated rings. The molecule has 0 spiro atoms. The third kappa shape index (κ3) is 6.19. The molecule has 2 saturated carbocycles. The van der Waals surface area contributed by atoms with Gasteiger partial charge in [0.25, 0.3) is 0 Å². The van der Waals surface area contributed by atoms with E-state index in [1.807, 2.05) is 0 Å². The van der Waals surface area contributed by atoms with Crippen molar-refractivity contribution in [2.75, 3.05) is 13.2 Å². The molecule has 0 unspecified atom stereocenters. The molecule has 30 heavy (non-hydrogen) atoms. The third-order valence-electron chi connectivity index (χ3n) is 5.52. The second-order valence-electron chi connectivity index (χ2n) is 7.87. The summed E-state index contributed by atoms with van der Waals surface area (Å²) in [5.41, 5.74) is 0.00616. The van der Waals surface area contributed by atoms with Crippen molar-refractivity contribution in [3.05, 3.63) is 130 Å². The van der Waals surface area contributed by atoms with E-state index in [1.54, 1.807) is 0 Å². The predicted octanol–water partition coefficient (Wildman–Crippen LogP) is 6.21. The molecule has 2 heteroatoms. The van der Waals surface area contributed by atoms with Crippen molar-refractivity contribution in [1.29, 1.82) is 0 Å². The number of ether oxygens (including phenoxy) is 1. The van der Waals surface area contributed by atoms with Crippen LogP contribution in [-0.2, 0) is 4.74 Å². The standard InChI is InChI=1S/C21H18.C4H8O.C3H5.Nd/c1-21(2,15-9-3-4-10-15)20-18-13-7-5-11-16(18)17-12-6-8-14-19(17)20;1-2-4-5-3-1;1-3-2;/h3-14H,1-2H3;1-4H2;3H,1-2H2;/q;;;+3. The maximum atomic E-state index is 4.94. The van der Waals surface area contributed by atoms with Crippen LogP contribution in [0.15, 0.2) is 48.6 Å². The number of hydrogen-bond acceptors (Lipinski definition) is 1. The quantitative estimate of drug-likeness (QED) is 0.415. The fourth-order valence-electron chi connectivity index (χ4n) is 4.14. The fourth-order valence-corrected chi connectivity index (χ4v) is 4.14. The van der Waals surface area contributed by atoms with Gasteiger partial charge >= 0.3 is 40.8 Å². The third-order valence-corrected chi connectivity index (χ3v) is 5.52.